The van der Waals surface area contributed by atoms with Gasteiger partial charge < -0.3 is 14.1 Å². The zero-order valence-electron chi connectivity index (χ0n) is 16.4. The van der Waals surface area contributed by atoms with Crippen molar-refractivity contribution in [3.63, 3.8) is 0 Å². The second-order valence-electron chi connectivity index (χ2n) is 6.66. The topological polar surface area (TPSA) is 68.5 Å². The number of thioether (sulfide) groups is 1. The zero-order valence-corrected chi connectivity index (χ0v) is 17.2. The number of aryl methyl sites for hydroxylation is 2. The molecule has 28 heavy (non-hydrogen) atoms. The monoisotopic (exact) mass is 397 g/mol. The van der Waals surface area contributed by atoms with E-state index in [0.717, 1.165) is 22.4 Å². The molecule has 0 aliphatic carbocycles. The smallest absolute Gasteiger partial charge is 0.277 e. The SMILES string of the molecule is Cc1ccc(C)c(OCc2nnc(SC(C(=O)N(C)C)c3ccccc3)o2)c1. The van der Waals surface area contributed by atoms with Crippen LogP contribution in [-0.2, 0) is 11.4 Å². The molecule has 0 aliphatic heterocycles. The van der Waals surface area contributed by atoms with Crippen molar-refractivity contribution < 1.29 is 13.9 Å². The van der Waals surface area contributed by atoms with E-state index >= 15 is 0 Å². The van der Waals surface area contributed by atoms with Crippen molar-refractivity contribution >= 4 is 17.7 Å². The highest BCUT2D eigenvalue weighted by atomic mass is 32.2. The Labute approximate surface area is 168 Å². The fraction of sp³-hybridized carbons (Fsp3) is 0.286. The van der Waals surface area contributed by atoms with Gasteiger partial charge in [-0.2, -0.15) is 0 Å². The molecule has 0 spiro atoms. The van der Waals surface area contributed by atoms with Crippen LogP contribution in [0.1, 0.15) is 27.8 Å². The molecule has 1 aromatic heterocycles. The molecule has 0 bridgehead atoms. The average molecular weight is 398 g/mol. The summed E-state index contributed by atoms with van der Waals surface area (Å²) in [6, 6.07) is 15.6. The highest BCUT2D eigenvalue weighted by Gasteiger charge is 2.26. The minimum Gasteiger partial charge on any atom is -0.484 e. The predicted octanol–water partition coefficient (Wildman–Crippen LogP) is 4.19. The molecule has 2 aromatic carbocycles. The summed E-state index contributed by atoms with van der Waals surface area (Å²) >= 11 is 1.24. The van der Waals surface area contributed by atoms with Crippen molar-refractivity contribution in [1.82, 2.24) is 15.1 Å². The predicted molar refractivity (Wildman–Crippen MR) is 108 cm³/mol. The van der Waals surface area contributed by atoms with Gasteiger partial charge in [0.25, 0.3) is 11.1 Å². The normalized spacial score (nSPS) is 11.9. The Balaban J connectivity index is 1.71. The van der Waals surface area contributed by atoms with E-state index in [-0.39, 0.29) is 12.5 Å². The van der Waals surface area contributed by atoms with Crippen LogP contribution >= 0.6 is 11.8 Å². The largest absolute Gasteiger partial charge is 0.484 e. The Morgan fingerprint density at radius 3 is 2.61 bits per heavy atom. The number of carbonyl (C=O) groups excluding carboxylic acids is 1. The molecule has 3 aromatic rings. The third-order valence-electron chi connectivity index (χ3n) is 4.13. The van der Waals surface area contributed by atoms with Crippen molar-refractivity contribution in [3.05, 3.63) is 71.1 Å². The van der Waals surface area contributed by atoms with Crippen molar-refractivity contribution in [2.75, 3.05) is 14.1 Å². The van der Waals surface area contributed by atoms with Gasteiger partial charge in [-0.1, -0.05) is 42.5 Å². The summed E-state index contributed by atoms with van der Waals surface area (Å²) in [5.74, 6) is 1.12. The Kier molecular flexibility index (Phi) is 6.36. The highest BCUT2D eigenvalue weighted by Crippen LogP contribution is 2.35. The fourth-order valence-corrected chi connectivity index (χ4v) is 3.61. The zero-order chi connectivity index (χ0) is 20.1. The van der Waals surface area contributed by atoms with Gasteiger partial charge in [-0.25, -0.2) is 0 Å². The quantitative estimate of drug-likeness (QED) is 0.557. The third kappa shape index (κ3) is 4.92. The maximum Gasteiger partial charge on any atom is 0.277 e. The maximum atomic E-state index is 12.6. The first-order valence-electron chi connectivity index (χ1n) is 8.89. The molecule has 1 amide bonds. The number of carbonyl (C=O) groups is 1. The van der Waals surface area contributed by atoms with Gasteiger partial charge in [0.15, 0.2) is 6.61 Å². The number of benzene rings is 2. The number of rotatable bonds is 7. The van der Waals surface area contributed by atoms with Crippen LogP contribution in [0, 0.1) is 13.8 Å². The summed E-state index contributed by atoms with van der Waals surface area (Å²) in [5, 5.41) is 8.00. The van der Waals surface area contributed by atoms with Gasteiger partial charge in [-0.3, -0.25) is 4.79 Å². The molecular formula is C21H23N3O3S. The van der Waals surface area contributed by atoms with Gasteiger partial charge in [0.1, 0.15) is 11.0 Å². The Morgan fingerprint density at radius 1 is 1.14 bits per heavy atom. The van der Waals surface area contributed by atoms with E-state index in [0.29, 0.717) is 11.1 Å². The molecule has 1 heterocycles. The van der Waals surface area contributed by atoms with Gasteiger partial charge in [0, 0.05) is 14.1 Å². The lowest BCUT2D eigenvalue weighted by Gasteiger charge is -2.18. The minimum absolute atomic E-state index is 0.0393. The minimum atomic E-state index is -0.454. The number of likely N-dealkylation sites (N-methyl/N-ethyl adjacent to an activating group) is 1. The molecule has 1 unspecified atom stereocenters. The van der Waals surface area contributed by atoms with E-state index in [1.54, 1.807) is 19.0 Å². The average Bonchev–Trinajstić information content (AvgIpc) is 3.14. The van der Waals surface area contributed by atoms with Gasteiger partial charge in [-0.05, 0) is 48.4 Å². The van der Waals surface area contributed by atoms with Gasteiger partial charge >= 0.3 is 0 Å². The Bertz CT molecular complexity index is 941. The molecule has 146 valence electrons. The molecular weight excluding hydrogens is 374 g/mol. The molecule has 1 atom stereocenters. The molecule has 0 saturated carbocycles. The maximum absolute atomic E-state index is 12.6. The van der Waals surface area contributed by atoms with E-state index < -0.39 is 5.25 Å². The van der Waals surface area contributed by atoms with Crippen LogP contribution < -0.4 is 4.74 Å². The van der Waals surface area contributed by atoms with Crippen molar-refractivity contribution in [2.45, 2.75) is 30.9 Å². The van der Waals surface area contributed by atoms with Crippen LogP contribution in [0.2, 0.25) is 0 Å². The summed E-state index contributed by atoms with van der Waals surface area (Å²) in [4.78, 5) is 14.2. The van der Waals surface area contributed by atoms with Gasteiger partial charge in [0.2, 0.25) is 5.91 Å². The van der Waals surface area contributed by atoms with E-state index in [1.807, 2.05) is 62.4 Å². The molecule has 6 nitrogen and oxygen atoms in total. The van der Waals surface area contributed by atoms with E-state index in [9.17, 15) is 4.79 Å². The fourth-order valence-electron chi connectivity index (χ4n) is 2.57. The second kappa shape index (κ2) is 8.93. The molecule has 0 saturated heterocycles. The number of aromatic nitrogens is 2. The second-order valence-corrected chi connectivity index (χ2v) is 7.72. The first-order valence-corrected chi connectivity index (χ1v) is 9.77. The first kappa shape index (κ1) is 19.9. The summed E-state index contributed by atoms with van der Waals surface area (Å²) in [7, 11) is 3.46. The van der Waals surface area contributed by atoms with E-state index in [4.69, 9.17) is 9.15 Å². The highest BCUT2D eigenvalue weighted by molar-refractivity contribution is 8.00. The standard InChI is InChI=1S/C21H23N3O3S/c1-14-10-11-15(2)17(12-14)26-13-18-22-23-21(27-18)28-19(20(25)24(3)4)16-8-6-5-7-9-16/h5-12,19H,13H2,1-4H3. The van der Waals surface area contributed by atoms with Crippen LogP contribution in [0.5, 0.6) is 5.75 Å². The van der Waals surface area contributed by atoms with Crippen molar-refractivity contribution in [2.24, 2.45) is 0 Å². The Morgan fingerprint density at radius 2 is 1.89 bits per heavy atom. The lowest BCUT2D eigenvalue weighted by Crippen LogP contribution is -2.26. The van der Waals surface area contributed by atoms with Crippen LogP contribution in [0.4, 0.5) is 0 Å². The van der Waals surface area contributed by atoms with Crippen molar-refractivity contribution in [1.29, 1.82) is 0 Å². The number of ether oxygens (including phenoxy) is 1. The van der Waals surface area contributed by atoms with Crippen LogP contribution in [0.15, 0.2) is 58.2 Å². The van der Waals surface area contributed by atoms with E-state index in [1.165, 1.54) is 11.8 Å². The van der Waals surface area contributed by atoms with E-state index in [2.05, 4.69) is 10.2 Å². The summed E-state index contributed by atoms with van der Waals surface area (Å²) in [6.45, 7) is 4.18. The summed E-state index contributed by atoms with van der Waals surface area (Å²) in [6.07, 6.45) is 0. The van der Waals surface area contributed by atoms with Crippen LogP contribution in [-0.4, -0.2) is 35.1 Å². The molecule has 0 N–H and O–H groups in total. The Hall–Kier alpha value is -2.80. The lowest BCUT2D eigenvalue weighted by atomic mass is 10.1. The summed E-state index contributed by atoms with van der Waals surface area (Å²) < 4.78 is 11.5. The van der Waals surface area contributed by atoms with Crippen LogP contribution in [0.25, 0.3) is 0 Å². The van der Waals surface area contributed by atoms with Gasteiger partial charge in [0.05, 0.1) is 0 Å². The number of hydrogen-bond acceptors (Lipinski definition) is 6. The number of hydrogen-bond donors (Lipinski definition) is 0. The molecule has 0 aliphatic rings. The molecule has 0 radical (unpaired) electrons. The number of amides is 1. The molecule has 0 fully saturated rings. The molecule has 3 rings (SSSR count). The number of nitrogens with zero attached hydrogens (tertiary/aromatic N) is 3. The third-order valence-corrected chi connectivity index (χ3v) is 5.21. The van der Waals surface area contributed by atoms with Crippen molar-refractivity contribution in [3.8, 4) is 5.75 Å². The first-order chi connectivity index (χ1) is 13.4. The lowest BCUT2D eigenvalue weighted by molar-refractivity contribution is -0.128. The van der Waals surface area contributed by atoms with Gasteiger partial charge in [-0.15, -0.1) is 10.2 Å². The summed E-state index contributed by atoms with van der Waals surface area (Å²) in [5.41, 5.74) is 3.05. The molecule has 7 heteroatoms. The van der Waals surface area contributed by atoms with Crippen LogP contribution in [0.3, 0.4) is 0 Å².